The van der Waals surface area contributed by atoms with Crippen molar-refractivity contribution in [1.82, 2.24) is 9.80 Å². The highest BCUT2D eigenvalue weighted by Crippen LogP contribution is 2.32. The molecule has 21 heavy (non-hydrogen) atoms. The molecule has 2 fully saturated rings. The Kier molecular flexibility index (Phi) is 4.86. The maximum absolute atomic E-state index is 12.3. The third-order valence-corrected chi connectivity index (χ3v) is 4.75. The summed E-state index contributed by atoms with van der Waals surface area (Å²) in [6.45, 7) is 14.4. The second-order valence-corrected chi connectivity index (χ2v) is 8.20. The van der Waals surface area contributed by atoms with Crippen LogP contribution in [-0.2, 0) is 4.74 Å². The van der Waals surface area contributed by atoms with Crippen molar-refractivity contribution in [3.8, 4) is 0 Å². The number of amides is 1. The monoisotopic (exact) mass is 296 g/mol. The van der Waals surface area contributed by atoms with Gasteiger partial charge in [0.1, 0.15) is 5.60 Å². The highest BCUT2D eigenvalue weighted by molar-refractivity contribution is 5.68. The third kappa shape index (κ3) is 4.35. The van der Waals surface area contributed by atoms with Crippen LogP contribution in [0.3, 0.4) is 0 Å². The number of carbonyl (C=O) groups is 1. The molecule has 2 atom stereocenters. The first-order valence-corrected chi connectivity index (χ1v) is 8.43. The zero-order valence-electron chi connectivity index (χ0n) is 14.4. The van der Waals surface area contributed by atoms with Gasteiger partial charge in [0.25, 0.3) is 0 Å². The molecule has 0 radical (unpaired) electrons. The topological polar surface area (TPSA) is 32.8 Å². The molecule has 2 unspecified atom stereocenters. The van der Waals surface area contributed by atoms with Crippen LogP contribution in [0.2, 0.25) is 0 Å². The van der Waals surface area contributed by atoms with E-state index in [1.807, 2.05) is 25.7 Å². The van der Waals surface area contributed by atoms with E-state index in [1.165, 1.54) is 32.4 Å². The number of nitrogens with zero attached hydrogens (tertiary/aromatic N) is 2. The molecule has 2 aliphatic heterocycles. The Morgan fingerprint density at radius 2 is 1.95 bits per heavy atom. The van der Waals surface area contributed by atoms with Gasteiger partial charge in [0, 0.05) is 25.2 Å². The van der Waals surface area contributed by atoms with Crippen LogP contribution in [0.15, 0.2) is 0 Å². The summed E-state index contributed by atoms with van der Waals surface area (Å²) in [5.41, 5.74) is -0.297. The van der Waals surface area contributed by atoms with Crippen molar-refractivity contribution in [2.24, 2.45) is 5.92 Å². The predicted octanol–water partition coefficient (Wildman–Crippen LogP) is 3.51. The van der Waals surface area contributed by atoms with Crippen LogP contribution < -0.4 is 0 Å². The summed E-state index contributed by atoms with van der Waals surface area (Å²) >= 11 is 0. The largest absolute Gasteiger partial charge is 0.444 e. The maximum atomic E-state index is 12.3. The highest BCUT2D eigenvalue weighted by Gasteiger charge is 2.40. The fraction of sp³-hybridized carbons (Fsp3) is 0.941. The van der Waals surface area contributed by atoms with Gasteiger partial charge in [0.15, 0.2) is 0 Å². The van der Waals surface area contributed by atoms with Gasteiger partial charge >= 0.3 is 6.09 Å². The van der Waals surface area contributed by atoms with E-state index >= 15 is 0 Å². The molecule has 0 aromatic carbocycles. The number of hydrogen-bond acceptors (Lipinski definition) is 3. The molecule has 4 nitrogen and oxygen atoms in total. The van der Waals surface area contributed by atoms with Crippen molar-refractivity contribution in [3.63, 3.8) is 0 Å². The van der Waals surface area contributed by atoms with Gasteiger partial charge in [-0.15, -0.1) is 0 Å². The van der Waals surface area contributed by atoms with Crippen LogP contribution in [-0.4, -0.2) is 53.2 Å². The van der Waals surface area contributed by atoms with E-state index in [0.717, 1.165) is 25.4 Å². The number of likely N-dealkylation sites (tertiary alicyclic amines) is 2. The van der Waals surface area contributed by atoms with Crippen LogP contribution in [0.5, 0.6) is 0 Å². The second-order valence-electron chi connectivity index (χ2n) is 8.20. The number of piperidine rings is 2. The molecular formula is C17H32N2O2. The molecule has 4 heteroatoms. The van der Waals surface area contributed by atoms with Crippen LogP contribution in [0.1, 0.15) is 60.3 Å². The third-order valence-electron chi connectivity index (χ3n) is 4.75. The fourth-order valence-corrected chi connectivity index (χ4v) is 3.64. The standard InChI is InChI=1S/C17H32N2O2/c1-14-8-6-11-19(12-14)17(5)9-7-10-18(13-17)15(20)21-16(2,3)4/h14H,6-13H2,1-5H3. The lowest BCUT2D eigenvalue weighted by atomic mass is 9.86. The number of carbonyl (C=O) groups excluding carboxylic acids is 1. The Labute approximate surface area is 129 Å². The fourth-order valence-electron chi connectivity index (χ4n) is 3.64. The van der Waals surface area contributed by atoms with E-state index in [-0.39, 0.29) is 11.6 Å². The van der Waals surface area contributed by atoms with Crippen molar-refractivity contribution in [2.45, 2.75) is 71.4 Å². The molecule has 2 heterocycles. The van der Waals surface area contributed by atoms with E-state index in [4.69, 9.17) is 4.74 Å². The highest BCUT2D eigenvalue weighted by atomic mass is 16.6. The molecule has 2 rings (SSSR count). The normalized spacial score (nSPS) is 32.0. The molecule has 0 aliphatic carbocycles. The van der Waals surface area contributed by atoms with Gasteiger partial charge in [-0.05, 0) is 65.8 Å². The average molecular weight is 296 g/mol. The summed E-state index contributed by atoms with van der Waals surface area (Å²) in [6.07, 6.45) is 4.71. The number of rotatable bonds is 1. The molecule has 0 N–H and O–H groups in total. The van der Waals surface area contributed by atoms with Gasteiger partial charge in [0.2, 0.25) is 0 Å². The zero-order chi connectivity index (χ0) is 15.7. The van der Waals surface area contributed by atoms with Gasteiger partial charge < -0.3 is 9.64 Å². The smallest absolute Gasteiger partial charge is 0.410 e. The lowest BCUT2D eigenvalue weighted by molar-refractivity contribution is -0.0211. The first-order valence-electron chi connectivity index (χ1n) is 8.43. The molecule has 0 aromatic rings. The summed E-state index contributed by atoms with van der Waals surface area (Å²) in [5, 5.41) is 0. The molecule has 2 aliphatic rings. The van der Waals surface area contributed by atoms with E-state index in [9.17, 15) is 4.79 Å². The Morgan fingerprint density at radius 3 is 2.57 bits per heavy atom. The molecule has 0 aromatic heterocycles. The Morgan fingerprint density at radius 1 is 1.24 bits per heavy atom. The van der Waals surface area contributed by atoms with Crippen LogP contribution in [0.4, 0.5) is 4.79 Å². The van der Waals surface area contributed by atoms with E-state index < -0.39 is 5.60 Å². The minimum absolute atomic E-state index is 0.115. The number of ether oxygens (including phenoxy) is 1. The molecule has 1 amide bonds. The quantitative estimate of drug-likeness (QED) is 0.742. The maximum Gasteiger partial charge on any atom is 0.410 e. The molecule has 2 saturated heterocycles. The van der Waals surface area contributed by atoms with Gasteiger partial charge in [-0.1, -0.05) is 6.92 Å². The van der Waals surface area contributed by atoms with Crippen LogP contribution in [0, 0.1) is 5.92 Å². The van der Waals surface area contributed by atoms with Crippen molar-refractivity contribution >= 4 is 6.09 Å². The first-order chi connectivity index (χ1) is 9.70. The van der Waals surface area contributed by atoms with Crippen molar-refractivity contribution in [3.05, 3.63) is 0 Å². The van der Waals surface area contributed by atoms with Gasteiger partial charge in [0.05, 0.1) is 0 Å². The molecule has 122 valence electrons. The summed E-state index contributed by atoms with van der Waals surface area (Å²) in [4.78, 5) is 16.9. The Balaban J connectivity index is 2.00. The average Bonchev–Trinajstić information content (AvgIpc) is 2.37. The zero-order valence-corrected chi connectivity index (χ0v) is 14.4. The second kappa shape index (κ2) is 6.15. The van der Waals surface area contributed by atoms with Crippen LogP contribution >= 0.6 is 0 Å². The van der Waals surface area contributed by atoms with Crippen molar-refractivity contribution < 1.29 is 9.53 Å². The molecule has 0 bridgehead atoms. The summed E-state index contributed by atoms with van der Waals surface area (Å²) < 4.78 is 5.55. The molecule has 0 saturated carbocycles. The van der Waals surface area contributed by atoms with Gasteiger partial charge in [-0.25, -0.2) is 4.79 Å². The Hall–Kier alpha value is -0.770. The van der Waals surface area contributed by atoms with E-state index in [1.54, 1.807) is 0 Å². The summed E-state index contributed by atoms with van der Waals surface area (Å²) in [7, 11) is 0. The van der Waals surface area contributed by atoms with Gasteiger partial charge in [-0.3, -0.25) is 4.90 Å². The predicted molar refractivity (Wildman–Crippen MR) is 85.4 cm³/mol. The minimum Gasteiger partial charge on any atom is -0.444 e. The Bertz CT molecular complexity index is 377. The minimum atomic E-state index is -0.412. The van der Waals surface area contributed by atoms with E-state index in [0.29, 0.717) is 0 Å². The van der Waals surface area contributed by atoms with Gasteiger partial charge in [-0.2, -0.15) is 0 Å². The van der Waals surface area contributed by atoms with Crippen LogP contribution in [0.25, 0.3) is 0 Å². The SMILES string of the molecule is CC1CCCN(C2(C)CCCN(C(=O)OC(C)(C)C)C2)C1. The lowest BCUT2D eigenvalue weighted by Gasteiger charge is -2.50. The molecule has 0 spiro atoms. The van der Waals surface area contributed by atoms with Crippen molar-refractivity contribution in [1.29, 1.82) is 0 Å². The summed E-state index contributed by atoms with van der Waals surface area (Å²) in [6, 6.07) is 0. The first kappa shape index (κ1) is 16.6. The molecular weight excluding hydrogens is 264 g/mol. The van der Waals surface area contributed by atoms with E-state index in [2.05, 4.69) is 18.7 Å². The lowest BCUT2D eigenvalue weighted by Crippen LogP contribution is -2.60. The number of hydrogen-bond donors (Lipinski definition) is 0. The summed E-state index contributed by atoms with van der Waals surface area (Å²) in [5.74, 6) is 0.771. The van der Waals surface area contributed by atoms with Crippen molar-refractivity contribution in [2.75, 3.05) is 26.2 Å².